The first-order chi connectivity index (χ1) is 15.3. The molecule has 0 radical (unpaired) electrons. The van der Waals surface area contributed by atoms with Crippen molar-refractivity contribution in [2.45, 2.75) is 50.3 Å². The van der Waals surface area contributed by atoms with E-state index in [1.54, 1.807) is 34.6 Å². The van der Waals surface area contributed by atoms with E-state index >= 15 is 0 Å². The van der Waals surface area contributed by atoms with Crippen LogP contribution in [0.3, 0.4) is 0 Å². The van der Waals surface area contributed by atoms with Crippen molar-refractivity contribution < 1.29 is 22.7 Å². The Morgan fingerprint density at radius 2 is 1.69 bits per heavy atom. The summed E-state index contributed by atoms with van der Waals surface area (Å²) in [6, 6.07) is 14.0. The zero-order chi connectivity index (χ0) is 23.0. The minimum atomic E-state index is -3.48. The van der Waals surface area contributed by atoms with Crippen LogP contribution in [0.4, 0.5) is 5.69 Å². The predicted molar refractivity (Wildman–Crippen MR) is 123 cm³/mol. The Morgan fingerprint density at radius 3 is 2.34 bits per heavy atom. The molecule has 7 nitrogen and oxygen atoms in total. The van der Waals surface area contributed by atoms with E-state index in [1.807, 2.05) is 25.1 Å². The summed E-state index contributed by atoms with van der Waals surface area (Å²) in [6.07, 6.45) is 4.42. The molecular formula is C24H30N2O5S. The molecule has 172 valence electrons. The molecule has 8 heteroatoms. The van der Waals surface area contributed by atoms with Gasteiger partial charge in [0.15, 0.2) is 6.61 Å². The van der Waals surface area contributed by atoms with Crippen LogP contribution in [0, 0.1) is 6.92 Å². The lowest BCUT2D eigenvalue weighted by Gasteiger charge is -2.20. The molecule has 0 saturated carbocycles. The zero-order valence-corrected chi connectivity index (χ0v) is 19.2. The molecule has 0 bridgehead atoms. The number of hydrogen-bond donors (Lipinski definition) is 1. The van der Waals surface area contributed by atoms with Gasteiger partial charge in [-0.2, -0.15) is 4.31 Å². The molecule has 1 saturated heterocycles. The van der Waals surface area contributed by atoms with E-state index in [4.69, 9.17) is 4.74 Å². The normalized spacial score (nSPS) is 15.0. The largest absolute Gasteiger partial charge is 0.456 e. The zero-order valence-electron chi connectivity index (χ0n) is 18.4. The monoisotopic (exact) mass is 458 g/mol. The van der Waals surface area contributed by atoms with E-state index in [0.29, 0.717) is 25.2 Å². The fourth-order valence-corrected chi connectivity index (χ4v) is 5.16. The van der Waals surface area contributed by atoms with Gasteiger partial charge >= 0.3 is 5.97 Å². The van der Waals surface area contributed by atoms with Gasteiger partial charge in [0.1, 0.15) is 0 Å². The molecular weight excluding hydrogens is 428 g/mol. The van der Waals surface area contributed by atoms with Crippen LogP contribution in [0.1, 0.15) is 43.2 Å². The number of carbonyl (C=O) groups is 2. The smallest absolute Gasteiger partial charge is 0.306 e. The van der Waals surface area contributed by atoms with E-state index in [2.05, 4.69) is 5.32 Å². The number of aryl methyl sites for hydroxylation is 2. The van der Waals surface area contributed by atoms with Crippen LogP contribution >= 0.6 is 0 Å². The first kappa shape index (κ1) is 23.9. The number of benzene rings is 2. The average molecular weight is 459 g/mol. The van der Waals surface area contributed by atoms with Gasteiger partial charge in [0, 0.05) is 25.2 Å². The minimum absolute atomic E-state index is 0.107. The van der Waals surface area contributed by atoms with Gasteiger partial charge in [-0.3, -0.25) is 9.59 Å². The first-order valence-corrected chi connectivity index (χ1v) is 12.4. The van der Waals surface area contributed by atoms with Crippen LogP contribution in [-0.2, 0) is 30.8 Å². The van der Waals surface area contributed by atoms with E-state index in [1.165, 1.54) is 0 Å². The highest BCUT2D eigenvalue weighted by Crippen LogP contribution is 2.21. The molecule has 1 fully saturated rings. The number of rotatable bonds is 8. The van der Waals surface area contributed by atoms with Gasteiger partial charge in [0.2, 0.25) is 10.0 Å². The third-order valence-electron chi connectivity index (χ3n) is 5.41. The van der Waals surface area contributed by atoms with Crippen LogP contribution in [0.5, 0.6) is 0 Å². The third-order valence-corrected chi connectivity index (χ3v) is 7.32. The third kappa shape index (κ3) is 6.90. The van der Waals surface area contributed by atoms with Crippen molar-refractivity contribution in [3.63, 3.8) is 0 Å². The Balaban J connectivity index is 1.45. The average Bonchev–Trinajstić information content (AvgIpc) is 3.07. The molecule has 0 aromatic heterocycles. The fraction of sp³-hybridized carbons (Fsp3) is 0.417. The maximum absolute atomic E-state index is 12.8. The van der Waals surface area contributed by atoms with E-state index in [9.17, 15) is 18.0 Å². The van der Waals surface area contributed by atoms with E-state index in [0.717, 1.165) is 36.8 Å². The molecule has 1 aliphatic heterocycles. The quantitative estimate of drug-likeness (QED) is 0.609. The molecule has 2 aromatic carbocycles. The summed E-state index contributed by atoms with van der Waals surface area (Å²) >= 11 is 0. The van der Waals surface area contributed by atoms with Crippen molar-refractivity contribution in [3.8, 4) is 0 Å². The predicted octanol–water partition coefficient (Wildman–Crippen LogP) is 3.67. The van der Waals surface area contributed by atoms with Crippen molar-refractivity contribution in [1.29, 1.82) is 0 Å². The summed E-state index contributed by atoms with van der Waals surface area (Å²) in [7, 11) is -3.48. The Kier molecular flexibility index (Phi) is 8.41. The number of carbonyl (C=O) groups excluding carboxylic acids is 2. The maximum atomic E-state index is 12.8. The molecule has 2 aromatic rings. The number of nitrogens with one attached hydrogen (secondary N) is 1. The summed E-state index contributed by atoms with van der Waals surface area (Å²) < 4.78 is 32.3. The van der Waals surface area contributed by atoms with Gasteiger partial charge in [-0.1, -0.05) is 37.1 Å². The Bertz CT molecular complexity index is 1030. The second-order valence-corrected chi connectivity index (χ2v) is 9.98. The summed E-state index contributed by atoms with van der Waals surface area (Å²) in [5.74, 6) is -0.877. The number of anilines is 1. The summed E-state index contributed by atoms with van der Waals surface area (Å²) in [6.45, 7) is 2.70. The highest BCUT2D eigenvalue weighted by Gasteiger charge is 2.24. The van der Waals surface area contributed by atoms with Crippen LogP contribution in [0.2, 0.25) is 0 Å². The van der Waals surface area contributed by atoms with Gasteiger partial charge < -0.3 is 10.1 Å². The second kappa shape index (κ2) is 11.2. The molecule has 1 aliphatic rings. The topological polar surface area (TPSA) is 92.8 Å². The lowest BCUT2D eigenvalue weighted by atomic mass is 10.1. The molecule has 0 unspecified atom stereocenters. The van der Waals surface area contributed by atoms with Crippen molar-refractivity contribution in [2.24, 2.45) is 0 Å². The van der Waals surface area contributed by atoms with Crippen molar-refractivity contribution in [2.75, 3.05) is 25.0 Å². The molecule has 0 aliphatic carbocycles. The van der Waals surface area contributed by atoms with E-state index < -0.39 is 21.9 Å². The van der Waals surface area contributed by atoms with Gasteiger partial charge in [-0.25, -0.2) is 8.42 Å². The highest BCUT2D eigenvalue weighted by atomic mass is 32.2. The van der Waals surface area contributed by atoms with Crippen LogP contribution in [0.25, 0.3) is 0 Å². The second-order valence-electron chi connectivity index (χ2n) is 8.04. The van der Waals surface area contributed by atoms with Crippen LogP contribution in [0.15, 0.2) is 53.4 Å². The van der Waals surface area contributed by atoms with Gasteiger partial charge in [0.25, 0.3) is 5.91 Å². The van der Waals surface area contributed by atoms with Gasteiger partial charge in [-0.15, -0.1) is 0 Å². The van der Waals surface area contributed by atoms with Crippen molar-refractivity contribution >= 4 is 27.6 Å². The first-order valence-electron chi connectivity index (χ1n) is 11.0. The molecule has 1 heterocycles. The Morgan fingerprint density at radius 1 is 1.00 bits per heavy atom. The molecule has 3 rings (SSSR count). The number of ether oxygens (including phenoxy) is 1. The number of amides is 1. The standard InChI is InChI=1S/C24H30N2O5S/c1-19-7-6-8-21(17-19)25-23(27)18-31-24(28)14-11-20-9-12-22(13-10-20)32(29,30)26-15-4-2-3-5-16-26/h6-10,12-13,17H,2-5,11,14-16,18H2,1H3,(H,25,27). The van der Waals surface area contributed by atoms with Crippen LogP contribution in [-0.4, -0.2) is 44.3 Å². The Labute approximate surface area is 189 Å². The molecule has 0 spiro atoms. The highest BCUT2D eigenvalue weighted by molar-refractivity contribution is 7.89. The number of esters is 1. The lowest BCUT2D eigenvalue weighted by Crippen LogP contribution is -2.31. The minimum Gasteiger partial charge on any atom is -0.456 e. The van der Waals surface area contributed by atoms with Crippen molar-refractivity contribution in [1.82, 2.24) is 4.31 Å². The molecule has 32 heavy (non-hydrogen) atoms. The van der Waals surface area contributed by atoms with Gasteiger partial charge in [-0.05, 0) is 61.6 Å². The Hall–Kier alpha value is -2.71. The maximum Gasteiger partial charge on any atom is 0.306 e. The molecule has 1 N–H and O–H groups in total. The molecule has 1 amide bonds. The number of hydrogen-bond acceptors (Lipinski definition) is 5. The number of nitrogens with zero attached hydrogens (tertiary/aromatic N) is 1. The summed E-state index contributed by atoms with van der Waals surface area (Å²) in [5.41, 5.74) is 2.51. The summed E-state index contributed by atoms with van der Waals surface area (Å²) in [4.78, 5) is 24.2. The van der Waals surface area contributed by atoms with Crippen molar-refractivity contribution in [3.05, 3.63) is 59.7 Å². The van der Waals surface area contributed by atoms with Crippen LogP contribution < -0.4 is 5.32 Å². The van der Waals surface area contributed by atoms with E-state index in [-0.39, 0.29) is 17.9 Å². The SMILES string of the molecule is Cc1cccc(NC(=O)COC(=O)CCc2ccc(S(=O)(=O)N3CCCCCC3)cc2)c1. The summed E-state index contributed by atoms with van der Waals surface area (Å²) in [5, 5.41) is 2.69. The molecule has 0 atom stereocenters. The lowest BCUT2D eigenvalue weighted by molar-refractivity contribution is -0.147. The van der Waals surface area contributed by atoms with Gasteiger partial charge in [0.05, 0.1) is 4.90 Å². The number of sulfonamides is 1. The fourth-order valence-electron chi connectivity index (χ4n) is 3.64.